The van der Waals surface area contributed by atoms with E-state index in [9.17, 15) is 4.79 Å². The molecule has 35 heavy (non-hydrogen) atoms. The number of benzene rings is 3. The van der Waals surface area contributed by atoms with Gasteiger partial charge >= 0.3 is 0 Å². The molecule has 2 aliphatic heterocycles. The van der Waals surface area contributed by atoms with Crippen molar-refractivity contribution in [3.63, 3.8) is 0 Å². The number of hydrogen-bond acceptors (Lipinski definition) is 5. The Labute approximate surface area is 207 Å². The maximum Gasteiger partial charge on any atom is 0.248 e. The molecule has 2 unspecified atom stereocenters. The molecule has 6 nitrogen and oxygen atoms in total. The SMILES string of the molecule is COc1cc2c(cc1OC)C(c1ccccc1)N1CCN(C(=O)COCc3ccccc3)CC1C2. The zero-order valence-corrected chi connectivity index (χ0v) is 20.4. The largest absolute Gasteiger partial charge is 0.493 e. The van der Waals surface area contributed by atoms with Gasteiger partial charge in [-0.2, -0.15) is 0 Å². The topological polar surface area (TPSA) is 51.2 Å². The van der Waals surface area contributed by atoms with Crippen LogP contribution in [0.25, 0.3) is 0 Å². The molecule has 0 bridgehead atoms. The van der Waals surface area contributed by atoms with E-state index in [2.05, 4.69) is 41.3 Å². The standard InChI is InChI=1S/C29H32N2O4/c1-33-26-16-23-15-24-18-30(28(32)20-35-19-21-9-5-3-6-10-21)13-14-31(24)29(22-11-7-4-8-12-22)25(23)17-27(26)34-2/h3-12,16-17,24,29H,13-15,18-20H2,1-2H3. The van der Waals surface area contributed by atoms with E-state index in [1.165, 1.54) is 16.7 Å². The minimum Gasteiger partial charge on any atom is -0.493 e. The second-order valence-electron chi connectivity index (χ2n) is 9.13. The van der Waals surface area contributed by atoms with E-state index in [1.807, 2.05) is 41.3 Å². The molecule has 1 saturated heterocycles. The number of carbonyl (C=O) groups is 1. The van der Waals surface area contributed by atoms with Gasteiger partial charge in [-0.05, 0) is 40.8 Å². The highest BCUT2D eigenvalue weighted by Crippen LogP contribution is 2.43. The molecule has 0 radical (unpaired) electrons. The molecule has 2 atom stereocenters. The van der Waals surface area contributed by atoms with Gasteiger partial charge in [0.15, 0.2) is 11.5 Å². The molecule has 3 aromatic carbocycles. The van der Waals surface area contributed by atoms with Gasteiger partial charge in [0.05, 0.1) is 26.9 Å². The van der Waals surface area contributed by atoms with E-state index in [0.29, 0.717) is 19.7 Å². The number of ether oxygens (including phenoxy) is 3. The van der Waals surface area contributed by atoms with Crippen molar-refractivity contribution >= 4 is 5.91 Å². The number of fused-ring (bicyclic) bond motifs is 2. The normalized spacial score (nSPS) is 19.5. The second kappa shape index (κ2) is 10.5. The fourth-order valence-electron chi connectivity index (χ4n) is 5.35. The van der Waals surface area contributed by atoms with Gasteiger partial charge in [0.2, 0.25) is 5.91 Å². The van der Waals surface area contributed by atoms with E-state index < -0.39 is 0 Å². The van der Waals surface area contributed by atoms with Gasteiger partial charge in [-0.25, -0.2) is 0 Å². The maximum atomic E-state index is 13.0. The van der Waals surface area contributed by atoms with E-state index in [0.717, 1.165) is 30.0 Å². The highest BCUT2D eigenvalue weighted by Gasteiger charge is 2.40. The molecule has 2 heterocycles. The Morgan fingerprint density at radius 1 is 0.914 bits per heavy atom. The van der Waals surface area contributed by atoms with Gasteiger partial charge in [0.25, 0.3) is 0 Å². The first-order valence-corrected chi connectivity index (χ1v) is 12.1. The van der Waals surface area contributed by atoms with Crippen molar-refractivity contribution in [2.24, 2.45) is 0 Å². The Kier molecular flexibility index (Phi) is 7.02. The molecule has 0 aliphatic carbocycles. The Morgan fingerprint density at radius 3 is 2.31 bits per heavy atom. The third-order valence-electron chi connectivity index (χ3n) is 7.06. The Morgan fingerprint density at radius 2 is 1.60 bits per heavy atom. The van der Waals surface area contributed by atoms with Crippen molar-refractivity contribution in [1.29, 1.82) is 0 Å². The first-order chi connectivity index (χ1) is 17.2. The molecule has 6 heteroatoms. The van der Waals surface area contributed by atoms with Crippen LogP contribution in [-0.4, -0.2) is 62.2 Å². The third-order valence-corrected chi connectivity index (χ3v) is 7.06. The van der Waals surface area contributed by atoms with E-state index in [-0.39, 0.29) is 24.6 Å². The van der Waals surface area contributed by atoms with Crippen LogP contribution in [-0.2, 0) is 22.6 Å². The van der Waals surface area contributed by atoms with Crippen LogP contribution in [0.2, 0.25) is 0 Å². The molecule has 1 fully saturated rings. The van der Waals surface area contributed by atoms with Crippen LogP contribution in [0.1, 0.15) is 28.3 Å². The Bertz CT molecular complexity index is 1150. The molecule has 1 amide bonds. The van der Waals surface area contributed by atoms with E-state index in [4.69, 9.17) is 14.2 Å². The quantitative estimate of drug-likeness (QED) is 0.519. The van der Waals surface area contributed by atoms with E-state index >= 15 is 0 Å². The minimum absolute atomic E-state index is 0.0509. The van der Waals surface area contributed by atoms with Gasteiger partial charge < -0.3 is 19.1 Å². The predicted octanol–water partition coefficient (Wildman–Crippen LogP) is 4.08. The third kappa shape index (κ3) is 4.90. The van der Waals surface area contributed by atoms with Crippen molar-refractivity contribution in [3.05, 3.63) is 95.1 Å². The summed E-state index contributed by atoms with van der Waals surface area (Å²) in [7, 11) is 3.35. The molecule has 0 N–H and O–H groups in total. The number of piperazine rings is 1. The Hall–Kier alpha value is -3.35. The summed E-state index contributed by atoms with van der Waals surface area (Å²) in [6.45, 7) is 2.73. The number of amides is 1. The lowest BCUT2D eigenvalue weighted by molar-refractivity contribution is -0.140. The smallest absolute Gasteiger partial charge is 0.248 e. The molecule has 3 aromatic rings. The zero-order chi connectivity index (χ0) is 24.2. The summed E-state index contributed by atoms with van der Waals surface area (Å²) >= 11 is 0. The molecular formula is C29H32N2O4. The predicted molar refractivity (Wildman–Crippen MR) is 135 cm³/mol. The highest BCUT2D eigenvalue weighted by atomic mass is 16.5. The van der Waals surface area contributed by atoms with Crippen LogP contribution in [0.15, 0.2) is 72.8 Å². The molecule has 2 aliphatic rings. The molecule has 0 spiro atoms. The lowest BCUT2D eigenvalue weighted by Gasteiger charge is -2.49. The first kappa shape index (κ1) is 23.4. The molecule has 182 valence electrons. The zero-order valence-electron chi connectivity index (χ0n) is 20.4. The van der Waals surface area contributed by atoms with Crippen LogP contribution >= 0.6 is 0 Å². The van der Waals surface area contributed by atoms with Crippen molar-refractivity contribution in [2.45, 2.75) is 25.1 Å². The molecule has 0 saturated carbocycles. The summed E-state index contributed by atoms with van der Waals surface area (Å²) in [6.07, 6.45) is 0.855. The number of methoxy groups -OCH3 is 2. The van der Waals surface area contributed by atoms with Crippen molar-refractivity contribution in [3.8, 4) is 11.5 Å². The monoisotopic (exact) mass is 472 g/mol. The van der Waals surface area contributed by atoms with Crippen LogP contribution in [0.4, 0.5) is 0 Å². The van der Waals surface area contributed by atoms with Gasteiger partial charge in [0, 0.05) is 25.7 Å². The second-order valence-corrected chi connectivity index (χ2v) is 9.13. The lowest BCUT2D eigenvalue weighted by Crippen LogP contribution is -2.58. The Balaban J connectivity index is 1.35. The average Bonchev–Trinajstić information content (AvgIpc) is 2.91. The van der Waals surface area contributed by atoms with Crippen LogP contribution in [0.3, 0.4) is 0 Å². The maximum absolute atomic E-state index is 13.0. The molecule has 0 aromatic heterocycles. The summed E-state index contributed by atoms with van der Waals surface area (Å²) in [6, 6.07) is 25.1. The molecule has 5 rings (SSSR count). The summed E-state index contributed by atoms with van der Waals surface area (Å²) in [5.74, 6) is 1.54. The fraction of sp³-hybridized carbons (Fsp3) is 0.345. The fourth-order valence-corrected chi connectivity index (χ4v) is 5.35. The number of carbonyl (C=O) groups excluding carboxylic acids is 1. The van der Waals surface area contributed by atoms with E-state index in [1.54, 1.807) is 14.2 Å². The number of hydrogen-bond donors (Lipinski definition) is 0. The lowest BCUT2D eigenvalue weighted by atomic mass is 9.83. The molecular weight excluding hydrogens is 440 g/mol. The van der Waals surface area contributed by atoms with Crippen molar-refractivity contribution in [2.75, 3.05) is 40.5 Å². The van der Waals surface area contributed by atoms with Crippen molar-refractivity contribution < 1.29 is 19.0 Å². The number of rotatable bonds is 7. The summed E-state index contributed by atoms with van der Waals surface area (Å²) < 4.78 is 17.0. The summed E-state index contributed by atoms with van der Waals surface area (Å²) in [5, 5.41) is 0. The van der Waals surface area contributed by atoms with Crippen LogP contribution < -0.4 is 9.47 Å². The van der Waals surface area contributed by atoms with Crippen LogP contribution in [0, 0.1) is 0 Å². The van der Waals surface area contributed by atoms with Crippen LogP contribution in [0.5, 0.6) is 11.5 Å². The minimum atomic E-state index is 0.0509. The number of nitrogens with zero attached hydrogens (tertiary/aromatic N) is 2. The van der Waals surface area contributed by atoms with Gasteiger partial charge in [0.1, 0.15) is 6.61 Å². The highest BCUT2D eigenvalue weighted by molar-refractivity contribution is 5.77. The van der Waals surface area contributed by atoms with Gasteiger partial charge in [-0.3, -0.25) is 9.69 Å². The van der Waals surface area contributed by atoms with Gasteiger partial charge in [-0.15, -0.1) is 0 Å². The average molecular weight is 473 g/mol. The van der Waals surface area contributed by atoms with Crippen molar-refractivity contribution in [1.82, 2.24) is 9.80 Å². The first-order valence-electron chi connectivity index (χ1n) is 12.1. The van der Waals surface area contributed by atoms with Gasteiger partial charge in [-0.1, -0.05) is 60.7 Å². The summed E-state index contributed by atoms with van der Waals surface area (Å²) in [5.41, 5.74) is 4.81. The summed E-state index contributed by atoms with van der Waals surface area (Å²) in [4.78, 5) is 17.5.